The Kier molecular flexibility index (Phi) is 2.51. The first-order valence-electron chi connectivity index (χ1n) is 3.62. The molecule has 0 saturated carbocycles. The summed E-state index contributed by atoms with van der Waals surface area (Å²) >= 11 is -0.926. The first kappa shape index (κ1) is 8.32. The standard InChI is InChI=1S/C9H6N.ClH.Sn/c1-2-4-9-7-10-6-5-8(9)3-1;;/h1-6H;1H;/q;;+1/p-1. The molecule has 1 heterocycles. The van der Waals surface area contributed by atoms with E-state index in [9.17, 15) is 0 Å². The predicted octanol–water partition coefficient (Wildman–Crippen LogP) is 1.72. The van der Waals surface area contributed by atoms with E-state index >= 15 is 0 Å². The molecule has 1 aromatic heterocycles. The summed E-state index contributed by atoms with van der Waals surface area (Å²) in [7, 11) is 5.91. The van der Waals surface area contributed by atoms with Crippen LogP contribution in [0.2, 0.25) is 0 Å². The van der Waals surface area contributed by atoms with Crippen molar-refractivity contribution in [2.75, 3.05) is 0 Å². The first-order chi connectivity index (χ1) is 5.92. The third-order valence-corrected chi connectivity index (χ3v) is 4.61. The van der Waals surface area contributed by atoms with Gasteiger partial charge in [-0.05, 0) is 0 Å². The number of benzene rings is 1. The van der Waals surface area contributed by atoms with Crippen molar-refractivity contribution in [2.45, 2.75) is 0 Å². The molecular weight excluding hydrogens is 276 g/mol. The second kappa shape index (κ2) is 3.62. The first-order valence-corrected chi connectivity index (χ1v) is 8.66. The fourth-order valence-electron chi connectivity index (χ4n) is 1.19. The van der Waals surface area contributed by atoms with Crippen molar-refractivity contribution in [2.24, 2.45) is 0 Å². The van der Waals surface area contributed by atoms with Crippen LogP contribution in [0.4, 0.5) is 0 Å². The Morgan fingerprint density at radius 3 is 2.83 bits per heavy atom. The minimum absolute atomic E-state index is 0.926. The van der Waals surface area contributed by atoms with Gasteiger partial charge in [0.15, 0.2) is 0 Å². The van der Waals surface area contributed by atoms with Crippen molar-refractivity contribution in [3.05, 3.63) is 36.5 Å². The molecule has 58 valence electrons. The molecule has 2 aromatic rings. The van der Waals surface area contributed by atoms with Gasteiger partial charge >= 0.3 is 84.9 Å². The third kappa shape index (κ3) is 1.43. The number of pyridine rings is 1. The molecule has 1 aromatic carbocycles. The molecule has 0 bridgehead atoms. The van der Waals surface area contributed by atoms with Crippen LogP contribution in [0.15, 0.2) is 36.5 Å². The van der Waals surface area contributed by atoms with Gasteiger partial charge in [0.2, 0.25) is 0 Å². The van der Waals surface area contributed by atoms with Gasteiger partial charge in [0.05, 0.1) is 0 Å². The molecule has 0 saturated heterocycles. The number of aromatic nitrogens is 1. The average molecular weight is 282 g/mol. The third-order valence-electron chi connectivity index (χ3n) is 1.76. The zero-order chi connectivity index (χ0) is 8.39. The van der Waals surface area contributed by atoms with Crippen LogP contribution in [0.5, 0.6) is 0 Å². The molecule has 0 aliphatic rings. The molecule has 0 atom stereocenters. The van der Waals surface area contributed by atoms with Gasteiger partial charge in [0.25, 0.3) is 0 Å². The summed E-state index contributed by atoms with van der Waals surface area (Å²) in [4.78, 5) is 4.27. The van der Waals surface area contributed by atoms with Crippen molar-refractivity contribution in [3.63, 3.8) is 0 Å². The Morgan fingerprint density at radius 2 is 2.00 bits per heavy atom. The van der Waals surface area contributed by atoms with Gasteiger partial charge < -0.3 is 0 Å². The molecule has 0 N–H and O–H groups in total. The van der Waals surface area contributed by atoms with Gasteiger partial charge in [-0.25, -0.2) is 0 Å². The van der Waals surface area contributed by atoms with Gasteiger partial charge in [0, 0.05) is 0 Å². The van der Waals surface area contributed by atoms with Crippen LogP contribution in [-0.4, -0.2) is 25.0 Å². The normalized spacial score (nSPS) is 10.4. The fraction of sp³-hybridized carbons (Fsp3) is 0. The van der Waals surface area contributed by atoms with Crippen molar-refractivity contribution < 1.29 is 0 Å². The maximum atomic E-state index is 5.91. The predicted molar refractivity (Wildman–Crippen MR) is 53.0 cm³/mol. The molecule has 0 aliphatic heterocycles. The number of halogens is 1. The van der Waals surface area contributed by atoms with Crippen LogP contribution in [0.25, 0.3) is 10.8 Å². The number of hydrogen-bond donors (Lipinski definition) is 0. The molecule has 3 heteroatoms. The number of nitrogens with zero attached hydrogens (tertiary/aromatic N) is 1. The van der Waals surface area contributed by atoms with Crippen LogP contribution < -0.4 is 3.71 Å². The molecule has 0 spiro atoms. The van der Waals surface area contributed by atoms with E-state index in [-0.39, 0.29) is 0 Å². The van der Waals surface area contributed by atoms with Gasteiger partial charge in [-0.3, -0.25) is 0 Å². The Balaban J connectivity index is 2.79. The zero-order valence-corrected chi connectivity index (χ0v) is 9.90. The minimum atomic E-state index is -0.926. The molecule has 0 amide bonds. The summed E-state index contributed by atoms with van der Waals surface area (Å²) in [6, 6.07) is 10.3. The van der Waals surface area contributed by atoms with Gasteiger partial charge in [-0.1, -0.05) is 0 Å². The van der Waals surface area contributed by atoms with E-state index in [0.29, 0.717) is 0 Å². The van der Waals surface area contributed by atoms with Gasteiger partial charge in [-0.15, -0.1) is 0 Å². The zero-order valence-electron chi connectivity index (χ0n) is 6.29. The van der Waals surface area contributed by atoms with E-state index in [1.54, 1.807) is 0 Å². The topological polar surface area (TPSA) is 12.9 Å². The summed E-state index contributed by atoms with van der Waals surface area (Å²) in [6.07, 6.45) is 1.83. The quantitative estimate of drug-likeness (QED) is 0.726. The molecular formula is C9H6ClNSn. The molecule has 2 radical (unpaired) electrons. The van der Waals surface area contributed by atoms with Crippen molar-refractivity contribution >= 4 is 43.4 Å². The second-order valence-electron chi connectivity index (χ2n) is 2.48. The summed E-state index contributed by atoms with van der Waals surface area (Å²) < 4.78 is 1.12. The molecule has 2 rings (SSSR count). The van der Waals surface area contributed by atoms with Crippen LogP contribution in [0, 0.1) is 0 Å². The Bertz CT molecular complexity index is 397. The Labute approximate surface area is 84.7 Å². The van der Waals surface area contributed by atoms with E-state index < -0.39 is 20.0 Å². The molecule has 0 unspecified atom stereocenters. The van der Waals surface area contributed by atoms with Crippen LogP contribution in [0.3, 0.4) is 0 Å². The summed E-state index contributed by atoms with van der Waals surface area (Å²) in [5.41, 5.74) is 0. The average Bonchev–Trinajstić information content (AvgIpc) is 2.17. The molecule has 0 aliphatic carbocycles. The van der Waals surface area contributed by atoms with Crippen LogP contribution in [0.1, 0.15) is 0 Å². The summed E-state index contributed by atoms with van der Waals surface area (Å²) in [5, 5.41) is 2.46. The molecule has 0 fully saturated rings. The van der Waals surface area contributed by atoms with Crippen molar-refractivity contribution in [1.82, 2.24) is 4.98 Å². The fourth-order valence-corrected chi connectivity index (χ4v) is 3.50. The van der Waals surface area contributed by atoms with Gasteiger partial charge in [-0.2, -0.15) is 0 Å². The van der Waals surface area contributed by atoms with Gasteiger partial charge in [0.1, 0.15) is 0 Å². The number of hydrogen-bond acceptors (Lipinski definition) is 1. The van der Waals surface area contributed by atoms with E-state index in [2.05, 4.69) is 17.1 Å². The Morgan fingerprint density at radius 1 is 1.17 bits per heavy atom. The van der Waals surface area contributed by atoms with Crippen molar-refractivity contribution in [3.8, 4) is 0 Å². The molecule has 12 heavy (non-hydrogen) atoms. The van der Waals surface area contributed by atoms with Crippen LogP contribution in [-0.2, 0) is 0 Å². The van der Waals surface area contributed by atoms with E-state index in [1.807, 2.05) is 24.4 Å². The van der Waals surface area contributed by atoms with E-state index in [0.717, 1.165) is 3.71 Å². The van der Waals surface area contributed by atoms with E-state index in [1.165, 1.54) is 10.8 Å². The Hall–Kier alpha value is -0.281. The SMILES string of the molecule is [Cl][Sn][c]1nccc2ccccc12. The van der Waals surface area contributed by atoms with Crippen molar-refractivity contribution in [1.29, 1.82) is 0 Å². The number of rotatable bonds is 1. The maximum absolute atomic E-state index is 5.91. The summed E-state index contributed by atoms with van der Waals surface area (Å²) in [5.74, 6) is 0. The summed E-state index contributed by atoms with van der Waals surface area (Å²) in [6.45, 7) is 0. The molecule has 1 nitrogen and oxygen atoms in total. The van der Waals surface area contributed by atoms with Crippen LogP contribution >= 0.6 is 8.92 Å². The second-order valence-corrected chi connectivity index (χ2v) is 5.63. The monoisotopic (exact) mass is 283 g/mol. The van der Waals surface area contributed by atoms with E-state index in [4.69, 9.17) is 8.92 Å². The number of fused-ring (bicyclic) bond motifs is 1.